The summed E-state index contributed by atoms with van der Waals surface area (Å²) in [4.78, 5) is 24.2. The molecule has 0 aliphatic heterocycles. The van der Waals surface area contributed by atoms with Crippen LogP contribution >= 0.6 is 22.9 Å². The Morgan fingerprint density at radius 1 is 1.10 bits per heavy atom. The largest absolute Gasteiger partial charge is 0.478 e. The van der Waals surface area contributed by atoms with Crippen molar-refractivity contribution in [3.63, 3.8) is 0 Å². The van der Waals surface area contributed by atoms with Crippen LogP contribution in [0.2, 0.25) is 5.02 Å². The zero-order valence-electron chi connectivity index (χ0n) is 15.1. The summed E-state index contributed by atoms with van der Waals surface area (Å²) >= 11 is 7.17. The van der Waals surface area contributed by atoms with Gasteiger partial charge in [-0.15, -0.1) is 11.3 Å². The van der Waals surface area contributed by atoms with E-state index in [0.717, 1.165) is 22.3 Å². The quantitative estimate of drug-likeness (QED) is 0.392. The number of carbonyl (C=O) groups is 2. The van der Waals surface area contributed by atoms with Gasteiger partial charge in [0.25, 0.3) is 0 Å². The summed E-state index contributed by atoms with van der Waals surface area (Å²) in [5.74, 6) is -0.945. The number of fused-ring (bicyclic) bond motifs is 1. The summed E-state index contributed by atoms with van der Waals surface area (Å²) in [6, 6.07) is 16.6. The van der Waals surface area contributed by atoms with E-state index < -0.39 is 5.97 Å². The van der Waals surface area contributed by atoms with Crippen molar-refractivity contribution < 1.29 is 19.1 Å². The standard InChI is InChI=1S/C22H16ClNO4S/c23-15-7-8-17-14(10-15)11-18(28-17)16-12-29-21(20(16)22(26)27)24-19(25)9-6-13-4-2-1-3-5-13/h1-5,7-8,10-12H,6,9H2,(H,24,25)(H,26,27). The Hall–Kier alpha value is -3.09. The van der Waals surface area contributed by atoms with Gasteiger partial charge in [-0.1, -0.05) is 41.9 Å². The van der Waals surface area contributed by atoms with Gasteiger partial charge >= 0.3 is 5.97 Å². The predicted molar refractivity (Wildman–Crippen MR) is 115 cm³/mol. The third-order valence-electron chi connectivity index (χ3n) is 4.49. The van der Waals surface area contributed by atoms with Gasteiger partial charge in [0.05, 0.1) is 0 Å². The van der Waals surface area contributed by atoms with Gasteiger partial charge in [-0.05, 0) is 36.2 Å². The average Bonchev–Trinajstić information content (AvgIpc) is 3.30. The van der Waals surface area contributed by atoms with Gasteiger partial charge in [0.2, 0.25) is 5.91 Å². The average molecular weight is 426 g/mol. The fourth-order valence-corrected chi connectivity index (χ4v) is 4.22. The molecule has 2 aromatic carbocycles. The van der Waals surface area contributed by atoms with Gasteiger partial charge in [0.15, 0.2) is 0 Å². The Balaban J connectivity index is 1.57. The molecule has 4 rings (SSSR count). The topological polar surface area (TPSA) is 79.5 Å². The molecule has 0 bridgehead atoms. The Morgan fingerprint density at radius 3 is 2.66 bits per heavy atom. The molecule has 2 aromatic heterocycles. The summed E-state index contributed by atoms with van der Waals surface area (Å²) in [5.41, 5.74) is 2.11. The number of nitrogens with one attached hydrogen (secondary N) is 1. The highest BCUT2D eigenvalue weighted by Gasteiger charge is 2.23. The van der Waals surface area contributed by atoms with Crippen LogP contribution in [0.4, 0.5) is 5.00 Å². The van der Waals surface area contributed by atoms with Crippen LogP contribution in [-0.2, 0) is 11.2 Å². The van der Waals surface area contributed by atoms with E-state index in [9.17, 15) is 14.7 Å². The van der Waals surface area contributed by atoms with Crippen LogP contribution in [0.15, 0.2) is 64.4 Å². The molecule has 2 heterocycles. The number of anilines is 1. The number of amides is 1. The maximum Gasteiger partial charge on any atom is 0.339 e. The number of halogens is 1. The first-order chi connectivity index (χ1) is 14.0. The smallest absolute Gasteiger partial charge is 0.339 e. The molecule has 0 radical (unpaired) electrons. The van der Waals surface area contributed by atoms with Gasteiger partial charge < -0.3 is 14.8 Å². The second-order valence-electron chi connectivity index (χ2n) is 6.49. The first-order valence-electron chi connectivity index (χ1n) is 8.89. The Labute approximate surface area is 175 Å². The molecule has 0 saturated heterocycles. The molecule has 0 unspecified atom stereocenters. The highest BCUT2D eigenvalue weighted by molar-refractivity contribution is 7.15. The summed E-state index contributed by atoms with van der Waals surface area (Å²) in [6.45, 7) is 0. The predicted octanol–water partition coefficient (Wildman–Crippen LogP) is 6.08. The number of hydrogen-bond acceptors (Lipinski definition) is 4. The van der Waals surface area contributed by atoms with E-state index in [1.807, 2.05) is 30.3 Å². The van der Waals surface area contributed by atoms with Crippen LogP contribution in [0.25, 0.3) is 22.3 Å². The number of benzene rings is 2. The summed E-state index contributed by atoms with van der Waals surface area (Å²) in [5, 5.41) is 15.8. The van der Waals surface area contributed by atoms with Crippen molar-refractivity contribution >= 4 is 50.8 Å². The van der Waals surface area contributed by atoms with Crippen LogP contribution in [-0.4, -0.2) is 17.0 Å². The van der Waals surface area contributed by atoms with Crippen molar-refractivity contribution in [3.05, 3.63) is 76.1 Å². The van der Waals surface area contributed by atoms with Gasteiger partial charge in [0, 0.05) is 27.8 Å². The third-order valence-corrected chi connectivity index (χ3v) is 5.62. The molecule has 0 fully saturated rings. The van der Waals surface area contributed by atoms with Crippen LogP contribution < -0.4 is 5.32 Å². The first kappa shape index (κ1) is 19.2. The van der Waals surface area contributed by atoms with E-state index in [1.54, 1.807) is 29.6 Å². The Kier molecular flexibility index (Phi) is 5.38. The second-order valence-corrected chi connectivity index (χ2v) is 7.80. The lowest BCUT2D eigenvalue weighted by Gasteiger charge is -2.05. The lowest BCUT2D eigenvalue weighted by Crippen LogP contribution is -2.13. The molecule has 0 atom stereocenters. The molecule has 0 aliphatic rings. The maximum atomic E-state index is 12.3. The van der Waals surface area contributed by atoms with E-state index in [-0.39, 0.29) is 17.9 Å². The number of carboxylic acid groups (broad SMARTS) is 1. The van der Waals surface area contributed by atoms with E-state index in [4.69, 9.17) is 16.0 Å². The molecule has 4 aromatic rings. The minimum atomic E-state index is -1.13. The second kappa shape index (κ2) is 8.11. The maximum absolute atomic E-state index is 12.3. The summed E-state index contributed by atoms with van der Waals surface area (Å²) < 4.78 is 5.80. The van der Waals surface area contributed by atoms with Gasteiger partial charge in [-0.3, -0.25) is 4.79 Å². The lowest BCUT2D eigenvalue weighted by atomic mass is 10.1. The Bertz CT molecular complexity index is 1200. The number of carbonyl (C=O) groups excluding carboxylic acids is 1. The SMILES string of the molecule is O=C(CCc1ccccc1)Nc1scc(-c2cc3cc(Cl)ccc3o2)c1C(=O)O. The van der Waals surface area contributed by atoms with E-state index in [1.165, 1.54) is 0 Å². The van der Waals surface area contributed by atoms with Crippen molar-refractivity contribution in [1.29, 1.82) is 0 Å². The number of aromatic carboxylic acids is 1. The van der Waals surface area contributed by atoms with Crippen molar-refractivity contribution in [2.75, 3.05) is 5.32 Å². The van der Waals surface area contributed by atoms with Gasteiger partial charge in [0.1, 0.15) is 21.9 Å². The van der Waals surface area contributed by atoms with Crippen molar-refractivity contribution in [3.8, 4) is 11.3 Å². The van der Waals surface area contributed by atoms with Crippen molar-refractivity contribution in [2.24, 2.45) is 0 Å². The number of aryl methyl sites for hydroxylation is 1. The Morgan fingerprint density at radius 2 is 1.90 bits per heavy atom. The van der Waals surface area contributed by atoms with Crippen LogP contribution in [0.1, 0.15) is 22.3 Å². The van der Waals surface area contributed by atoms with Crippen LogP contribution in [0.5, 0.6) is 0 Å². The molecular weight excluding hydrogens is 410 g/mol. The highest BCUT2D eigenvalue weighted by atomic mass is 35.5. The zero-order valence-corrected chi connectivity index (χ0v) is 16.7. The molecule has 0 spiro atoms. The van der Waals surface area contributed by atoms with Crippen LogP contribution in [0.3, 0.4) is 0 Å². The normalized spacial score (nSPS) is 10.9. The van der Waals surface area contributed by atoms with E-state index in [0.29, 0.717) is 33.4 Å². The number of furan rings is 1. The minimum absolute atomic E-state index is 0.0215. The number of rotatable bonds is 6. The highest BCUT2D eigenvalue weighted by Crippen LogP contribution is 2.38. The number of carboxylic acids is 1. The molecule has 29 heavy (non-hydrogen) atoms. The molecular formula is C22H16ClNO4S. The monoisotopic (exact) mass is 425 g/mol. The summed E-state index contributed by atoms with van der Waals surface area (Å²) in [6.07, 6.45) is 0.844. The van der Waals surface area contributed by atoms with Crippen molar-refractivity contribution in [1.82, 2.24) is 0 Å². The molecule has 0 aliphatic carbocycles. The molecule has 2 N–H and O–H groups in total. The molecule has 5 nitrogen and oxygen atoms in total. The molecule has 7 heteroatoms. The van der Waals surface area contributed by atoms with E-state index >= 15 is 0 Å². The van der Waals surface area contributed by atoms with Crippen molar-refractivity contribution in [2.45, 2.75) is 12.8 Å². The fourth-order valence-electron chi connectivity index (χ4n) is 3.08. The molecule has 0 saturated carbocycles. The number of thiophene rings is 1. The number of hydrogen-bond donors (Lipinski definition) is 2. The van der Waals surface area contributed by atoms with Crippen LogP contribution in [0, 0.1) is 0 Å². The third kappa shape index (κ3) is 4.18. The lowest BCUT2D eigenvalue weighted by molar-refractivity contribution is -0.116. The van der Waals surface area contributed by atoms with Gasteiger partial charge in [-0.2, -0.15) is 0 Å². The molecule has 1 amide bonds. The minimum Gasteiger partial charge on any atom is -0.478 e. The van der Waals surface area contributed by atoms with Gasteiger partial charge in [-0.25, -0.2) is 4.79 Å². The fraction of sp³-hybridized carbons (Fsp3) is 0.0909. The first-order valence-corrected chi connectivity index (χ1v) is 10.1. The molecule has 146 valence electrons. The van der Waals surface area contributed by atoms with E-state index in [2.05, 4.69) is 5.32 Å². The summed E-state index contributed by atoms with van der Waals surface area (Å²) in [7, 11) is 0. The zero-order chi connectivity index (χ0) is 20.4.